The molecule has 0 amide bonds. The number of ketones is 1. The van der Waals surface area contributed by atoms with Crippen LogP contribution in [0, 0.1) is 0 Å². The lowest BCUT2D eigenvalue weighted by atomic mass is 9.91. The van der Waals surface area contributed by atoms with Gasteiger partial charge in [0.15, 0.2) is 5.60 Å². The number of ether oxygens (including phenoxy) is 1. The summed E-state index contributed by atoms with van der Waals surface area (Å²) in [4.78, 5) is 13.8. The molecular weight excluding hydrogens is 330 g/mol. The predicted molar refractivity (Wildman–Crippen MR) is 108 cm³/mol. The summed E-state index contributed by atoms with van der Waals surface area (Å²) in [6.07, 6.45) is 6.82. The second-order valence-electron chi connectivity index (χ2n) is 5.86. The third-order valence-electron chi connectivity index (χ3n) is 3.67. The molecule has 0 aliphatic carbocycles. The van der Waals surface area contributed by atoms with Crippen molar-refractivity contribution in [2.24, 2.45) is 5.14 Å². The van der Waals surface area contributed by atoms with E-state index in [-0.39, 0.29) is 5.78 Å². The zero-order valence-electron chi connectivity index (χ0n) is 16.1. The minimum atomic E-state index is -0.847. The van der Waals surface area contributed by atoms with E-state index < -0.39 is 5.60 Å². The van der Waals surface area contributed by atoms with Crippen molar-refractivity contribution in [1.82, 2.24) is 0 Å². The van der Waals surface area contributed by atoms with Gasteiger partial charge in [0, 0.05) is 10.5 Å². The lowest BCUT2D eigenvalue weighted by Crippen LogP contribution is -2.29. The number of rotatable bonds is 5. The van der Waals surface area contributed by atoms with Crippen LogP contribution in [0.2, 0.25) is 0 Å². The average molecular weight is 360 g/mol. The van der Waals surface area contributed by atoms with E-state index in [9.17, 15) is 4.79 Å². The molecule has 0 aromatic heterocycles. The normalized spacial score (nSPS) is 16.8. The monoisotopic (exact) mass is 359 g/mol. The maximum absolute atomic E-state index is 12.8. The highest BCUT2D eigenvalue weighted by Crippen LogP contribution is 2.40. The topological polar surface area (TPSA) is 52.3 Å². The fourth-order valence-corrected chi connectivity index (χ4v) is 2.85. The van der Waals surface area contributed by atoms with Crippen LogP contribution < -0.4 is 5.14 Å². The number of carbonyl (C=O) groups is 1. The van der Waals surface area contributed by atoms with Crippen LogP contribution in [-0.4, -0.2) is 11.4 Å². The zero-order chi connectivity index (χ0) is 19.0. The van der Waals surface area contributed by atoms with Gasteiger partial charge < -0.3 is 4.74 Å². The first kappa shape index (κ1) is 21.3. The van der Waals surface area contributed by atoms with E-state index in [1.54, 1.807) is 0 Å². The number of hydrogen-bond acceptors (Lipinski definition) is 4. The van der Waals surface area contributed by atoms with Gasteiger partial charge in [-0.3, -0.25) is 9.93 Å². The molecular formula is C21H29NO2S. The summed E-state index contributed by atoms with van der Waals surface area (Å²) in [5.41, 5.74) is 1.62. The molecule has 0 saturated heterocycles. The first-order chi connectivity index (χ1) is 11.9. The number of Topliss-reactive ketones (excluding diaryl/α,β-unsaturated/α-hetero) is 1. The van der Waals surface area contributed by atoms with Crippen molar-refractivity contribution < 1.29 is 9.53 Å². The first-order valence-corrected chi connectivity index (χ1v) is 9.61. The van der Waals surface area contributed by atoms with E-state index in [0.29, 0.717) is 11.3 Å². The van der Waals surface area contributed by atoms with Crippen molar-refractivity contribution >= 4 is 23.5 Å². The van der Waals surface area contributed by atoms with E-state index in [1.807, 2.05) is 71.0 Å². The molecule has 0 bridgehead atoms. The van der Waals surface area contributed by atoms with E-state index in [4.69, 9.17) is 9.88 Å². The Morgan fingerprint density at radius 3 is 2.32 bits per heavy atom. The largest absolute Gasteiger partial charge is 0.478 e. The third-order valence-corrected chi connectivity index (χ3v) is 4.21. The molecule has 136 valence electrons. The Bertz CT molecular complexity index is 682. The van der Waals surface area contributed by atoms with E-state index in [2.05, 4.69) is 13.0 Å². The predicted octanol–water partition coefficient (Wildman–Crippen LogP) is 5.68. The number of allylic oxidation sites excluding steroid dienone is 4. The molecule has 25 heavy (non-hydrogen) atoms. The summed E-state index contributed by atoms with van der Waals surface area (Å²) in [7, 11) is 0. The quantitative estimate of drug-likeness (QED) is 0.543. The SMILES string of the molecule is C/C=C\C(=C/CC)C1=C(c2ccc(SN)cc2)OC(C)(C)C1=O.CC. The molecule has 2 rings (SSSR count). The number of carbonyl (C=O) groups excluding carboxylic acids is 1. The Labute approximate surface area is 156 Å². The molecule has 1 aromatic rings. The Balaban J connectivity index is 0.00000151. The Kier molecular flexibility index (Phi) is 8.20. The van der Waals surface area contributed by atoms with Crippen LogP contribution in [0.25, 0.3) is 5.76 Å². The van der Waals surface area contributed by atoms with Gasteiger partial charge in [-0.25, -0.2) is 0 Å². The summed E-state index contributed by atoms with van der Waals surface area (Å²) in [5.74, 6) is 0.661. The summed E-state index contributed by atoms with van der Waals surface area (Å²) in [5, 5.41) is 5.57. The summed E-state index contributed by atoms with van der Waals surface area (Å²) < 4.78 is 6.02. The minimum Gasteiger partial charge on any atom is -0.478 e. The molecule has 0 atom stereocenters. The fourth-order valence-electron chi connectivity index (χ4n) is 2.56. The summed E-state index contributed by atoms with van der Waals surface area (Å²) >= 11 is 1.20. The van der Waals surface area contributed by atoms with E-state index in [1.165, 1.54) is 11.9 Å². The Morgan fingerprint density at radius 1 is 1.24 bits per heavy atom. The van der Waals surface area contributed by atoms with Crippen molar-refractivity contribution in [3.05, 3.63) is 59.2 Å². The molecule has 4 heteroatoms. The average Bonchev–Trinajstić information content (AvgIpc) is 2.86. The maximum Gasteiger partial charge on any atom is 0.210 e. The van der Waals surface area contributed by atoms with Crippen molar-refractivity contribution in [3.63, 3.8) is 0 Å². The smallest absolute Gasteiger partial charge is 0.210 e. The third kappa shape index (κ3) is 4.86. The first-order valence-electron chi connectivity index (χ1n) is 8.73. The molecule has 0 fully saturated rings. The minimum absolute atomic E-state index is 0.0163. The second-order valence-corrected chi connectivity index (χ2v) is 6.56. The summed E-state index contributed by atoms with van der Waals surface area (Å²) in [6.45, 7) is 11.6. The lowest BCUT2D eigenvalue weighted by molar-refractivity contribution is -0.126. The van der Waals surface area contributed by atoms with Crippen molar-refractivity contribution in [1.29, 1.82) is 0 Å². The molecule has 2 N–H and O–H groups in total. The van der Waals surface area contributed by atoms with Gasteiger partial charge in [0.1, 0.15) is 5.76 Å². The Morgan fingerprint density at radius 2 is 1.84 bits per heavy atom. The molecule has 3 nitrogen and oxygen atoms in total. The van der Waals surface area contributed by atoms with Crippen LogP contribution in [0.4, 0.5) is 0 Å². The van der Waals surface area contributed by atoms with Crippen LogP contribution in [0.1, 0.15) is 53.5 Å². The van der Waals surface area contributed by atoms with Gasteiger partial charge >= 0.3 is 0 Å². The van der Waals surface area contributed by atoms with Crippen LogP contribution in [0.15, 0.2) is 58.5 Å². The number of hydrogen-bond donors (Lipinski definition) is 1. The van der Waals surface area contributed by atoms with Gasteiger partial charge in [0.25, 0.3) is 0 Å². The van der Waals surface area contributed by atoms with Crippen molar-refractivity contribution in [2.75, 3.05) is 0 Å². The van der Waals surface area contributed by atoms with Crippen LogP contribution in [0.5, 0.6) is 0 Å². The van der Waals surface area contributed by atoms with Crippen molar-refractivity contribution in [3.8, 4) is 0 Å². The molecule has 1 aliphatic heterocycles. The van der Waals surface area contributed by atoms with E-state index in [0.717, 1.165) is 22.5 Å². The summed E-state index contributed by atoms with van der Waals surface area (Å²) in [6, 6.07) is 7.75. The molecule has 1 heterocycles. The van der Waals surface area contributed by atoms with Crippen LogP contribution >= 0.6 is 11.9 Å². The highest BCUT2D eigenvalue weighted by Gasteiger charge is 2.42. The Hall–Kier alpha value is -1.78. The standard InChI is InChI=1S/C19H23NO2S.C2H6/c1-5-7-13(8-6-2)16-17(22-19(3,4)18(16)21)14-9-11-15(23-20)12-10-14;1-2/h5,7-12H,6,20H2,1-4H3;1-2H3/b7-5-,13-8+;. The fraction of sp³-hybridized carbons (Fsp3) is 0.381. The van der Waals surface area contributed by atoms with Crippen LogP contribution in [0.3, 0.4) is 0 Å². The van der Waals surface area contributed by atoms with Crippen molar-refractivity contribution in [2.45, 2.75) is 58.5 Å². The maximum atomic E-state index is 12.8. The molecule has 0 spiro atoms. The van der Waals surface area contributed by atoms with Gasteiger partial charge in [-0.05, 0) is 56.8 Å². The van der Waals surface area contributed by atoms with Gasteiger partial charge in [-0.2, -0.15) is 0 Å². The highest BCUT2D eigenvalue weighted by molar-refractivity contribution is 7.97. The molecule has 0 saturated carbocycles. The zero-order valence-corrected chi connectivity index (χ0v) is 16.9. The molecule has 1 aromatic carbocycles. The van der Waals surface area contributed by atoms with Gasteiger partial charge in [-0.15, -0.1) is 0 Å². The van der Waals surface area contributed by atoms with E-state index >= 15 is 0 Å². The lowest BCUT2D eigenvalue weighted by Gasteiger charge is -2.17. The van der Waals surface area contributed by atoms with Crippen LogP contribution in [-0.2, 0) is 9.53 Å². The van der Waals surface area contributed by atoms with Gasteiger partial charge in [0.2, 0.25) is 5.78 Å². The highest BCUT2D eigenvalue weighted by atomic mass is 32.2. The second kappa shape index (κ2) is 9.64. The molecule has 1 aliphatic rings. The molecule has 0 unspecified atom stereocenters. The number of benzene rings is 1. The van der Waals surface area contributed by atoms with Gasteiger partial charge in [-0.1, -0.05) is 51.1 Å². The molecule has 0 radical (unpaired) electrons. The van der Waals surface area contributed by atoms with Gasteiger partial charge in [0.05, 0.1) is 5.57 Å². The number of nitrogens with two attached hydrogens (primary N) is 1.